The molecule has 0 atom stereocenters. The number of nitrogens with one attached hydrogen (secondary N) is 1. The van der Waals surface area contributed by atoms with Crippen molar-refractivity contribution in [3.05, 3.63) is 47.5 Å². The Morgan fingerprint density at radius 3 is 2.39 bits per heavy atom. The van der Waals surface area contributed by atoms with Gasteiger partial charge in [-0.2, -0.15) is 0 Å². The molecule has 0 aliphatic rings. The minimum atomic E-state index is 0.983. The average Bonchev–Trinajstić information content (AvgIpc) is 2.32. The van der Waals surface area contributed by atoms with E-state index < -0.39 is 0 Å². The van der Waals surface area contributed by atoms with E-state index in [4.69, 9.17) is 0 Å². The maximum atomic E-state index is 4.36. The molecule has 3 nitrogen and oxygen atoms in total. The number of hydrogen-bond donors (Lipinski definition) is 1. The van der Waals surface area contributed by atoms with Crippen molar-refractivity contribution in [2.24, 2.45) is 4.99 Å². The quantitative estimate of drug-likeness (QED) is 0.338. The summed E-state index contributed by atoms with van der Waals surface area (Å²) in [7, 11) is 3.90. The molecule has 0 spiro atoms. The average molecular weight is 359 g/mol. The smallest absolute Gasteiger partial charge is 0.0598 e. The van der Waals surface area contributed by atoms with Gasteiger partial charge in [-0.05, 0) is 20.8 Å². The van der Waals surface area contributed by atoms with Gasteiger partial charge in [0.15, 0.2) is 0 Å². The summed E-state index contributed by atoms with van der Waals surface area (Å²) in [5, 5.41) is 3.21. The summed E-state index contributed by atoms with van der Waals surface area (Å²) in [5.74, 6) is 0. The predicted molar refractivity (Wildman–Crippen MR) is 89.7 cm³/mol. The third-order valence-corrected chi connectivity index (χ3v) is 2.42. The molecule has 0 radical (unpaired) electrons. The first-order valence-corrected chi connectivity index (χ1v) is 6.80. The van der Waals surface area contributed by atoms with Crippen LogP contribution in [0.4, 0.5) is 0 Å². The van der Waals surface area contributed by atoms with Crippen LogP contribution < -0.4 is 5.32 Å². The van der Waals surface area contributed by atoms with Gasteiger partial charge in [0.1, 0.15) is 0 Å². The Morgan fingerprint density at radius 1 is 1.28 bits per heavy atom. The molecule has 0 aromatic carbocycles. The lowest BCUT2D eigenvalue weighted by Gasteiger charge is -2.13. The third kappa shape index (κ3) is 6.64. The van der Waals surface area contributed by atoms with Crippen molar-refractivity contribution in [3.8, 4) is 0 Å². The molecule has 100 valence electrons. The van der Waals surface area contributed by atoms with Gasteiger partial charge in [-0.15, -0.1) is 0 Å². The van der Waals surface area contributed by atoms with E-state index in [1.807, 2.05) is 62.4 Å². The Kier molecular flexibility index (Phi) is 9.36. The molecule has 0 amide bonds. The van der Waals surface area contributed by atoms with E-state index in [1.165, 1.54) is 0 Å². The number of rotatable bonds is 6. The van der Waals surface area contributed by atoms with E-state index in [2.05, 4.69) is 39.2 Å². The number of hydrogen-bond acceptors (Lipinski definition) is 3. The molecular weight excluding hydrogens is 337 g/mol. The Labute approximate surface area is 125 Å². The van der Waals surface area contributed by atoms with Crippen molar-refractivity contribution in [2.75, 3.05) is 14.1 Å². The first kappa shape index (κ1) is 17.0. The summed E-state index contributed by atoms with van der Waals surface area (Å²) in [6, 6.07) is 0. The van der Waals surface area contributed by atoms with Crippen molar-refractivity contribution in [3.63, 3.8) is 0 Å². The lowest BCUT2D eigenvalue weighted by atomic mass is 10.1. The van der Waals surface area contributed by atoms with Crippen molar-refractivity contribution in [1.82, 2.24) is 8.43 Å². The third-order valence-electron chi connectivity index (χ3n) is 2.15. The van der Waals surface area contributed by atoms with E-state index in [9.17, 15) is 0 Å². The van der Waals surface area contributed by atoms with Crippen molar-refractivity contribution >= 4 is 29.1 Å². The standard InChI is InChI=1S/C14H22IN3/c1-6-8-9-10-13(12(3)17-7-2)14(16-4)11-18(5)15/h6-11,16H,1-5H3/b8-6+,10-9-,13-12+,14-11-,17-7?. The molecule has 0 aliphatic heterocycles. The molecule has 0 fully saturated rings. The van der Waals surface area contributed by atoms with E-state index in [-0.39, 0.29) is 0 Å². The maximum absolute atomic E-state index is 4.36. The Bertz CT molecular complexity index is 388. The van der Waals surface area contributed by atoms with E-state index in [0.29, 0.717) is 0 Å². The van der Waals surface area contributed by atoms with Gasteiger partial charge in [-0.25, -0.2) is 0 Å². The molecule has 0 aliphatic carbocycles. The number of likely N-dealkylation sites (N-methyl/N-ethyl adjacent to an activating group) is 1. The highest BCUT2D eigenvalue weighted by Crippen LogP contribution is 2.16. The van der Waals surface area contributed by atoms with Crippen LogP contribution in [0.2, 0.25) is 0 Å². The van der Waals surface area contributed by atoms with Gasteiger partial charge in [0.2, 0.25) is 0 Å². The van der Waals surface area contributed by atoms with Crippen LogP contribution in [0, 0.1) is 0 Å². The minimum absolute atomic E-state index is 0.983. The summed E-state index contributed by atoms with van der Waals surface area (Å²) >= 11 is 2.22. The molecule has 4 heteroatoms. The van der Waals surface area contributed by atoms with Crippen LogP contribution >= 0.6 is 22.9 Å². The van der Waals surface area contributed by atoms with E-state index >= 15 is 0 Å². The fourth-order valence-corrected chi connectivity index (χ4v) is 1.66. The van der Waals surface area contributed by atoms with Gasteiger partial charge in [0, 0.05) is 37.8 Å². The van der Waals surface area contributed by atoms with Gasteiger partial charge < -0.3 is 8.43 Å². The van der Waals surface area contributed by atoms with Crippen molar-refractivity contribution in [1.29, 1.82) is 0 Å². The molecule has 18 heavy (non-hydrogen) atoms. The van der Waals surface area contributed by atoms with Gasteiger partial charge in [0.05, 0.1) is 28.6 Å². The van der Waals surface area contributed by atoms with Gasteiger partial charge in [0.25, 0.3) is 0 Å². The number of allylic oxidation sites excluding steroid dienone is 5. The molecule has 0 saturated carbocycles. The Balaban J connectivity index is 5.52. The van der Waals surface area contributed by atoms with E-state index in [0.717, 1.165) is 17.0 Å². The first-order chi connectivity index (χ1) is 8.56. The lowest BCUT2D eigenvalue weighted by molar-refractivity contribution is 0.803. The summed E-state index contributed by atoms with van der Waals surface area (Å²) < 4.78 is 1.98. The molecule has 0 rings (SSSR count). The largest absolute Gasteiger partial charge is 0.386 e. The van der Waals surface area contributed by atoms with Crippen molar-refractivity contribution < 1.29 is 0 Å². The summed E-state index contributed by atoms with van der Waals surface area (Å²) in [4.78, 5) is 4.36. The van der Waals surface area contributed by atoms with Crippen LogP contribution in [-0.2, 0) is 0 Å². The van der Waals surface area contributed by atoms with Crippen LogP contribution in [-0.4, -0.2) is 23.4 Å². The summed E-state index contributed by atoms with van der Waals surface area (Å²) in [5.41, 5.74) is 3.10. The molecule has 0 aromatic heterocycles. The molecule has 0 bridgehead atoms. The fourth-order valence-electron chi connectivity index (χ4n) is 1.38. The van der Waals surface area contributed by atoms with Gasteiger partial charge >= 0.3 is 0 Å². The Hall–Kier alpha value is -1.04. The second-order valence-electron chi connectivity index (χ2n) is 3.59. The molecule has 0 heterocycles. The van der Waals surface area contributed by atoms with Gasteiger partial charge in [-0.3, -0.25) is 4.99 Å². The first-order valence-electron chi connectivity index (χ1n) is 5.84. The molecule has 1 N–H and O–H groups in total. The zero-order chi connectivity index (χ0) is 14.0. The highest BCUT2D eigenvalue weighted by Gasteiger charge is 2.04. The second kappa shape index (κ2) is 9.94. The highest BCUT2D eigenvalue weighted by molar-refractivity contribution is 14.1. The number of aliphatic imine (C=N–C) groups is 1. The molecule has 0 unspecified atom stereocenters. The predicted octanol–water partition coefficient (Wildman–Crippen LogP) is 3.83. The fraction of sp³-hybridized carbons (Fsp3) is 0.357. The zero-order valence-corrected chi connectivity index (χ0v) is 13.9. The molecule has 0 saturated heterocycles. The van der Waals surface area contributed by atoms with Crippen LogP contribution in [0.3, 0.4) is 0 Å². The van der Waals surface area contributed by atoms with Crippen LogP contribution in [0.5, 0.6) is 0 Å². The lowest BCUT2D eigenvalue weighted by Crippen LogP contribution is -2.11. The highest BCUT2D eigenvalue weighted by atomic mass is 127. The maximum Gasteiger partial charge on any atom is 0.0598 e. The monoisotopic (exact) mass is 359 g/mol. The van der Waals surface area contributed by atoms with Crippen LogP contribution in [0.25, 0.3) is 0 Å². The second-order valence-corrected chi connectivity index (χ2v) is 5.11. The number of halogens is 1. The summed E-state index contributed by atoms with van der Waals surface area (Å²) in [6.45, 7) is 5.93. The summed E-state index contributed by atoms with van der Waals surface area (Å²) in [6.07, 6.45) is 11.9. The SMILES string of the molecule is CC=N/C(C)=C(\C=C/C=C/C)C(=C/N(C)I)/NC. The van der Waals surface area contributed by atoms with E-state index in [1.54, 1.807) is 6.21 Å². The van der Waals surface area contributed by atoms with Gasteiger partial charge in [-0.1, -0.05) is 24.3 Å². The van der Waals surface area contributed by atoms with Crippen molar-refractivity contribution in [2.45, 2.75) is 20.8 Å². The number of nitrogens with zero attached hydrogens (tertiary/aromatic N) is 2. The van der Waals surface area contributed by atoms with Crippen LogP contribution in [0.1, 0.15) is 20.8 Å². The zero-order valence-electron chi connectivity index (χ0n) is 11.7. The normalized spacial score (nSPS) is 14.7. The minimum Gasteiger partial charge on any atom is -0.386 e. The molecule has 0 aromatic rings. The van der Waals surface area contributed by atoms with Crippen LogP contribution in [0.15, 0.2) is 52.5 Å². The Morgan fingerprint density at radius 2 is 1.94 bits per heavy atom. The topological polar surface area (TPSA) is 27.6 Å². The molecular formula is C14H22IN3.